The zero-order chi connectivity index (χ0) is 26.4. The Morgan fingerprint density at radius 1 is 1.26 bits per heavy atom. The average Bonchev–Trinajstić information content (AvgIpc) is 3.16. The van der Waals surface area contributed by atoms with Crippen molar-refractivity contribution < 1.29 is 32.7 Å². The van der Waals surface area contributed by atoms with Gasteiger partial charge in [0.25, 0.3) is 0 Å². The summed E-state index contributed by atoms with van der Waals surface area (Å²) in [5.74, 6) is -2.77. The third-order valence-electron chi connectivity index (χ3n) is 5.72. The number of nitrogens with zero attached hydrogens (tertiary/aromatic N) is 1. The molecule has 0 spiro atoms. The van der Waals surface area contributed by atoms with E-state index in [0.29, 0.717) is 13.0 Å². The van der Waals surface area contributed by atoms with Crippen LogP contribution in [0.2, 0.25) is 5.02 Å². The van der Waals surface area contributed by atoms with Gasteiger partial charge in [-0.3, -0.25) is 14.4 Å². The first-order valence-corrected chi connectivity index (χ1v) is 11.5. The molecule has 8 nitrogen and oxygen atoms in total. The van der Waals surface area contributed by atoms with Crippen LogP contribution < -0.4 is 16.0 Å². The lowest BCUT2D eigenvalue weighted by Gasteiger charge is -2.31. The molecule has 0 bridgehead atoms. The molecule has 1 saturated heterocycles. The molecule has 35 heavy (non-hydrogen) atoms. The van der Waals surface area contributed by atoms with Crippen molar-refractivity contribution >= 4 is 29.3 Å². The van der Waals surface area contributed by atoms with E-state index in [0.717, 1.165) is 24.3 Å². The van der Waals surface area contributed by atoms with E-state index in [1.807, 2.05) is 6.07 Å². The highest BCUT2D eigenvalue weighted by Gasteiger charge is 2.56. The second-order valence-electron chi connectivity index (χ2n) is 8.99. The predicted octanol–water partition coefficient (Wildman–Crippen LogP) is 2.55. The van der Waals surface area contributed by atoms with Crippen LogP contribution >= 0.6 is 11.6 Å². The number of nitrogens with one attached hydrogen (secondary N) is 3. The quantitative estimate of drug-likeness (QED) is 0.379. The van der Waals surface area contributed by atoms with Crippen LogP contribution in [0.5, 0.6) is 0 Å². The van der Waals surface area contributed by atoms with Crippen LogP contribution in [-0.2, 0) is 20.0 Å². The van der Waals surface area contributed by atoms with E-state index < -0.39 is 53.6 Å². The Labute approximate surface area is 206 Å². The van der Waals surface area contributed by atoms with E-state index >= 15 is 0 Å². The molecule has 2 rings (SSSR count). The summed E-state index contributed by atoms with van der Waals surface area (Å²) in [7, 11) is 0. The van der Waals surface area contributed by atoms with Gasteiger partial charge in [-0.05, 0) is 42.9 Å². The smallest absolute Gasteiger partial charge is 0.376 e. The van der Waals surface area contributed by atoms with Gasteiger partial charge < -0.3 is 21.1 Å². The Morgan fingerprint density at radius 2 is 1.89 bits per heavy atom. The van der Waals surface area contributed by atoms with Crippen LogP contribution in [0.1, 0.15) is 45.1 Å². The number of alkyl halides is 3. The van der Waals surface area contributed by atoms with Crippen molar-refractivity contribution in [2.45, 2.75) is 63.4 Å². The number of nitriles is 1. The molecule has 1 fully saturated rings. The molecule has 0 saturated carbocycles. The third-order valence-corrected chi connectivity index (χ3v) is 5.97. The van der Waals surface area contributed by atoms with E-state index in [-0.39, 0.29) is 29.7 Å². The molecule has 1 heterocycles. The molecule has 192 valence electrons. The monoisotopic (exact) mass is 516 g/mol. The van der Waals surface area contributed by atoms with Gasteiger partial charge in [-0.15, -0.1) is 0 Å². The van der Waals surface area contributed by atoms with Gasteiger partial charge in [0.2, 0.25) is 17.7 Å². The number of aliphatic hydroxyl groups is 1. The maximum absolute atomic E-state index is 13.8. The summed E-state index contributed by atoms with van der Waals surface area (Å²) in [6, 6.07) is 3.89. The fraction of sp³-hybridized carbons (Fsp3) is 0.565. The Morgan fingerprint density at radius 3 is 2.37 bits per heavy atom. The van der Waals surface area contributed by atoms with Gasteiger partial charge in [-0.25, -0.2) is 0 Å². The predicted molar refractivity (Wildman–Crippen MR) is 121 cm³/mol. The minimum Gasteiger partial charge on any atom is -0.376 e. The molecule has 4 N–H and O–H groups in total. The number of carbonyl (C=O) groups is 3. The van der Waals surface area contributed by atoms with Crippen molar-refractivity contribution in [3.8, 4) is 6.07 Å². The topological polar surface area (TPSA) is 131 Å². The highest BCUT2D eigenvalue weighted by Crippen LogP contribution is 2.42. The maximum atomic E-state index is 13.8. The highest BCUT2D eigenvalue weighted by molar-refractivity contribution is 6.30. The number of amides is 3. The highest BCUT2D eigenvalue weighted by atomic mass is 35.5. The maximum Gasteiger partial charge on any atom is 0.421 e. The first kappa shape index (κ1) is 28.4. The van der Waals surface area contributed by atoms with Crippen molar-refractivity contribution in [2.75, 3.05) is 6.54 Å². The van der Waals surface area contributed by atoms with Gasteiger partial charge in [0.05, 0.1) is 12.5 Å². The number of benzene rings is 1. The van der Waals surface area contributed by atoms with Gasteiger partial charge in [0, 0.05) is 17.5 Å². The number of hydrogen-bond donors (Lipinski definition) is 4. The third kappa shape index (κ3) is 7.57. The molecule has 12 heteroatoms. The molecule has 0 aromatic heterocycles. The van der Waals surface area contributed by atoms with E-state index in [1.54, 1.807) is 13.8 Å². The molecule has 0 aliphatic carbocycles. The molecule has 0 radical (unpaired) electrons. The lowest BCUT2D eigenvalue weighted by atomic mass is 9.89. The fourth-order valence-corrected chi connectivity index (χ4v) is 3.97. The van der Waals surface area contributed by atoms with Crippen LogP contribution in [0.15, 0.2) is 24.3 Å². The van der Waals surface area contributed by atoms with Crippen molar-refractivity contribution in [2.24, 2.45) is 11.8 Å². The number of carbonyl (C=O) groups excluding carboxylic acids is 3. The molecule has 4 atom stereocenters. The Bertz CT molecular complexity index is 965. The van der Waals surface area contributed by atoms with Gasteiger partial charge >= 0.3 is 6.18 Å². The number of halogens is 4. The van der Waals surface area contributed by atoms with Gasteiger partial charge in [0.15, 0.2) is 5.60 Å². The van der Waals surface area contributed by atoms with Crippen LogP contribution in [-0.4, -0.2) is 47.6 Å². The van der Waals surface area contributed by atoms with Crippen LogP contribution in [0.3, 0.4) is 0 Å². The summed E-state index contributed by atoms with van der Waals surface area (Å²) in [4.78, 5) is 37.2. The Balaban J connectivity index is 2.15. The number of hydrogen-bond acceptors (Lipinski definition) is 5. The van der Waals surface area contributed by atoms with Crippen molar-refractivity contribution in [1.82, 2.24) is 16.0 Å². The summed E-state index contributed by atoms with van der Waals surface area (Å²) in [5, 5.41) is 27.4. The number of rotatable bonds is 10. The zero-order valence-electron chi connectivity index (χ0n) is 19.3. The summed E-state index contributed by atoms with van der Waals surface area (Å²) in [6.45, 7) is 3.96. The molecule has 1 aliphatic heterocycles. The molecule has 3 amide bonds. The lowest BCUT2D eigenvalue weighted by molar-refractivity contribution is -0.267. The van der Waals surface area contributed by atoms with Crippen LogP contribution in [0.4, 0.5) is 13.2 Å². The average molecular weight is 517 g/mol. The molecular formula is C23H28ClF3N4O4. The Hall–Kier alpha value is -2.84. The largest absolute Gasteiger partial charge is 0.421 e. The summed E-state index contributed by atoms with van der Waals surface area (Å²) < 4.78 is 41.4. The van der Waals surface area contributed by atoms with Gasteiger partial charge in [-0.2, -0.15) is 18.4 Å². The minimum atomic E-state index is -5.19. The van der Waals surface area contributed by atoms with Crippen molar-refractivity contribution in [3.63, 3.8) is 0 Å². The first-order valence-electron chi connectivity index (χ1n) is 11.1. The minimum absolute atomic E-state index is 0.0702. The molecule has 1 aromatic carbocycles. The zero-order valence-corrected chi connectivity index (χ0v) is 20.0. The summed E-state index contributed by atoms with van der Waals surface area (Å²) >= 11 is 5.72. The van der Waals surface area contributed by atoms with Crippen molar-refractivity contribution in [1.29, 1.82) is 5.26 Å². The second kappa shape index (κ2) is 11.7. The van der Waals surface area contributed by atoms with Crippen LogP contribution in [0, 0.1) is 23.2 Å². The van der Waals surface area contributed by atoms with Crippen LogP contribution in [0.25, 0.3) is 0 Å². The molecule has 0 unspecified atom stereocenters. The Kier molecular flexibility index (Phi) is 9.52. The summed E-state index contributed by atoms with van der Waals surface area (Å²) in [5.41, 5.74) is -4.08. The van der Waals surface area contributed by atoms with E-state index in [4.69, 9.17) is 11.6 Å². The first-order chi connectivity index (χ1) is 16.3. The normalized spacial score (nSPS) is 19.3. The fourth-order valence-electron chi connectivity index (χ4n) is 3.84. The molecule has 1 aliphatic rings. The van der Waals surface area contributed by atoms with Gasteiger partial charge in [0.1, 0.15) is 12.1 Å². The lowest BCUT2D eigenvalue weighted by Crippen LogP contribution is -2.53. The van der Waals surface area contributed by atoms with E-state index in [1.165, 1.54) is 0 Å². The molecule has 1 aromatic rings. The van der Waals surface area contributed by atoms with E-state index in [9.17, 15) is 37.9 Å². The van der Waals surface area contributed by atoms with E-state index in [2.05, 4.69) is 16.0 Å². The van der Waals surface area contributed by atoms with Gasteiger partial charge in [-0.1, -0.05) is 37.6 Å². The standard InChI is InChI=1S/C23H28ClF3N4O4/c1-13(2)9-18(21(34)30-17(12-28)10-14-7-8-29-20(14)33)31-19(32)11-22(35,23(25,26)27)15-3-5-16(24)6-4-15/h3-6,13-14,17-18,35H,7-11H2,1-2H3,(H,29,33)(H,30,34)(H,31,32)/t14-,17-,18-,22+/m0/s1. The van der Waals surface area contributed by atoms with Crippen molar-refractivity contribution in [3.05, 3.63) is 34.9 Å². The summed E-state index contributed by atoms with van der Waals surface area (Å²) in [6.07, 6.45) is -5.92. The second-order valence-corrected chi connectivity index (χ2v) is 9.43. The molecular weight excluding hydrogens is 489 g/mol. The SMILES string of the molecule is CC(C)C[C@H](NC(=O)C[C@@](O)(c1ccc(Cl)cc1)C(F)(F)F)C(=O)N[C@H](C#N)C[C@@H]1CCNC1=O.